The van der Waals surface area contributed by atoms with Crippen molar-refractivity contribution in [3.8, 4) is 0 Å². The van der Waals surface area contributed by atoms with Crippen LogP contribution in [0, 0.1) is 6.92 Å². The third kappa shape index (κ3) is 3.73. The zero-order valence-corrected chi connectivity index (χ0v) is 13.8. The third-order valence-corrected chi connectivity index (χ3v) is 4.10. The number of thiazole rings is 1. The topological polar surface area (TPSA) is 50.7 Å². The molecule has 1 atom stereocenters. The molecule has 0 saturated carbocycles. The average molecular weight is 341 g/mol. The number of aromatic nitrogens is 3. The second-order valence-electron chi connectivity index (χ2n) is 4.76. The molecule has 2 heterocycles. The molecule has 19 heavy (non-hydrogen) atoms. The molecule has 0 aliphatic heterocycles. The summed E-state index contributed by atoms with van der Waals surface area (Å²) in [7, 11) is 0. The van der Waals surface area contributed by atoms with E-state index in [2.05, 4.69) is 63.9 Å². The van der Waals surface area contributed by atoms with E-state index in [1.165, 1.54) is 4.88 Å². The first-order valence-corrected chi connectivity index (χ1v) is 7.80. The van der Waals surface area contributed by atoms with Crippen molar-refractivity contribution in [2.75, 3.05) is 5.32 Å². The van der Waals surface area contributed by atoms with Gasteiger partial charge in [-0.3, -0.25) is 0 Å². The summed E-state index contributed by atoms with van der Waals surface area (Å²) in [6, 6.07) is 2.03. The highest BCUT2D eigenvalue weighted by atomic mass is 79.9. The van der Waals surface area contributed by atoms with E-state index in [1.54, 1.807) is 11.3 Å². The second kappa shape index (κ2) is 5.96. The van der Waals surface area contributed by atoms with Gasteiger partial charge >= 0.3 is 0 Å². The van der Waals surface area contributed by atoms with Crippen LogP contribution < -0.4 is 5.32 Å². The molecular weight excluding hydrogens is 324 g/mol. The molecule has 1 unspecified atom stereocenters. The smallest absolute Gasteiger partial charge is 0.134 e. The van der Waals surface area contributed by atoms with Crippen molar-refractivity contribution in [1.82, 2.24) is 15.0 Å². The van der Waals surface area contributed by atoms with Crippen molar-refractivity contribution in [3.05, 3.63) is 32.6 Å². The summed E-state index contributed by atoms with van der Waals surface area (Å²) in [6.45, 7) is 8.31. The van der Waals surface area contributed by atoms with Gasteiger partial charge in [0.25, 0.3) is 0 Å². The highest BCUT2D eigenvalue weighted by molar-refractivity contribution is 9.10. The molecule has 4 nitrogen and oxygen atoms in total. The summed E-state index contributed by atoms with van der Waals surface area (Å²) in [5, 5.41) is 4.44. The van der Waals surface area contributed by atoms with Gasteiger partial charge < -0.3 is 5.32 Å². The van der Waals surface area contributed by atoms with Gasteiger partial charge in [-0.15, -0.1) is 11.3 Å². The van der Waals surface area contributed by atoms with Crippen molar-refractivity contribution in [3.63, 3.8) is 0 Å². The number of rotatable bonds is 4. The Morgan fingerprint density at radius 1 is 1.26 bits per heavy atom. The molecule has 0 aliphatic carbocycles. The van der Waals surface area contributed by atoms with Gasteiger partial charge in [0.2, 0.25) is 0 Å². The third-order valence-electron chi connectivity index (χ3n) is 2.60. The Labute approximate surface area is 125 Å². The lowest BCUT2D eigenvalue weighted by Gasteiger charge is -2.14. The summed E-state index contributed by atoms with van der Waals surface area (Å²) in [5.74, 6) is 1.96. The van der Waals surface area contributed by atoms with Crippen LogP contribution in [0.5, 0.6) is 0 Å². The fraction of sp³-hybridized carbons (Fsp3) is 0.462. The first kappa shape index (κ1) is 14.4. The fourth-order valence-corrected chi connectivity index (χ4v) is 2.80. The molecule has 2 aromatic rings. The Kier molecular flexibility index (Phi) is 4.52. The lowest BCUT2D eigenvalue weighted by molar-refractivity contribution is 0.763. The van der Waals surface area contributed by atoms with Crippen molar-refractivity contribution in [1.29, 1.82) is 0 Å². The number of nitrogens with zero attached hydrogens (tertiary/aromatic N) is 3. The van der Waals surface area contributed by atoms with Crippen LogP contribution >= 0.6 is 27.3 Å². The van der Waals surface area contributed by atoms with E-state index in [1.807, 2.05) is 12.3 Å². The first-order chi connectivity index (χ1) is 8.95. The zero-order valence-electron chi connectivity index (χ0n) is 11.4. The van der Waals surface area contributed by atoms with Crippen LogP contribution in [0.4, 0.5) is 5.82 Å². The van der Waals surface area contributed by atoms with Gasteiger partial charge in [-0.1, -0.05) is 13.8 Å². The minimum absolute atomic E-state index is 0.139. The van der Waals surface area contributed by atoms with Gasteiger partial charge in [0, 0.05) is 23.1 Å². The molecule has 2 rings (SSSR count). The quantitative estimate of drug-likeness (QED) is 0.843. The number of hydrogen-bond donors (Lipinski definition) is 1. The van der Waals surface area contributed by atoms with Crippen LogP contribution in [-0.2, 0) is 0 Å². The Balaban J connectivity index is 2.18. The van der Waals surface area contributed by atoms with Gasteiger partial charge in [0.1, 0.15) is 21.3 Å². The SMILES string of the molecule is Cc1cnc(C(C)Nc2cc(Br)nc(C(C)C)n2)s1. The van der Waals surface area contributed by atoms with Crippen LogP contribution in [-0.4, -0.2) is 15.0 Å². The van der Waals surface area contributed by atoms with Crippen molar-refractivity contribution < 1.29 is 0 Å². The van der Waals surface area contributed by atoms with Crippen LogP contribution in [0.15, 0.2) is 16.9 Å². The summed E-state index contributed by atoms with van der Waals surface area (Å²) >= 11 is 5.13. The first-order valence-electron chi connectivity index (χ1n) is 6.19. The molecule has 0 saturated heterocycles. The normalized spacial score (nSPS) is 12.7. The van der Waals surface area contributed by atoms with E-state index >= 15 is 0 Å². The molecule has 0 amide bonds. The maximum absolute atomic E-state index is 4.53. The van der Waals surface area contributed by atoms with Gasteiger partial charge in [0.15, 0.2) is 0 Å². The number of nitrogens with one attached hydrogen (secondary N) is 1. The van der Waals surface area contributed by atoms with E-state index in [0.29, 0.717) is 5.92 Å². The lowest BCUT2D eigenvalue weighted by atomic mass is 10.2. The monoisotopic (exact) mass is 340 g/mol. The fourth-order valence-electron chi connectivity index (χ4n) is 1.62. The molecule has 0 spiro atoms. The maximum Gasteiger partial charge on any atom is 0.134 e. The molecule has 0 aromatic carbocycles. The maximum atomic E-state index is 4.53. The van der Waals surface area contributed by atoms with Crippen LogP contribution in [0.25, 0.3) is 0 Å². The van der Waals surface area contributed by atoms with Gasteiger partial charge in [-0.2, -0.15) is 0 Å². The molecule has 6 heteroatoms. The predicted molar refractivity (Wildman–Crippen MR) is 82.7 cm³/mol. The van der Waals surface area contributed by atoms with E-state index in [-0.39, 0.29) is 6.04 Å². The molecule has 102 valence electrons. The molecule has 0 fully saturated rings. The Morgan fingerprint density at radius 2 is 2.00 bits per heavy atom. The highest BCUT2D eigenvalue weighted by Gasteiger charge is 2.12. The Hall–Kier alpha value is -1.01. The molecule has 0 radical (unpaired) electrons. The summed E-state index contributed by atoms with van der Waals surface area (Å²) < 4.78 is 0.802. The molecule has 1 N–H and O–H groups in total. The van der Waals surface area contributed by atoms with E-state index in [9.17, 15) is 0 Å². The van der Waals surface area contributed by atoms with Crippen LogP contribution in [0.2, 0.25) is 0 Å². The predicted octanol–water partition coefficient (Wildman–Crippen LogP) is 4.30. The number of anilines is 1. The van der Waals surface area contributed by atoms with E-state index < -0.39 is 0 Å². The number of hydrogen-bond acceptors (Lipinski definition) is 5. The largest absolute Gasteiger partial charge is 0.361 e. The Morgan fingerprint density at radius 3 is 2.58 bits per heavy atom. The molecular formula is C13H17BrN4S. The van der Waals surface area contributed by atoms with Gasteiger partial charge in [-0.25, -0.2) is 15.0 Å². The molecule has 0 aliphatic rings. The zero-order chi connectivity index (χ0) is 14.0. The van der Waals surface area contributed by atoms with Gasteiger partial charge in [-0.05, 0) is 29.8 Å². The minimum Gasteiger partial charge on any atom is -0.361 e. The lowest BCUT2D eigenvalue weighted by Crippen LogP contribution is -2.09. The Bertz CT molecular complexity index is 568. The van der Waals surface area contributed by atoms with Crippen molar-refractivity contribution >= 4 is 33.1 Å². The van der Waals surface area contributed by atoms with E-state index in [4.69, 9.17) is 0 Å². The number of halogens is 1. The summed E-state index contributed by atoms with van der Waals surface area (Å²) in [4.78, 5) is 14.5. The average Bonchev–Trinajstić information content (AvgIpc) is 2.75. The summed E-state index contributed by atoms with van der Waals surface area (Å²) in [6.07, 6.45) is 1.90. The van der Waals surface area contributed by atoms with Crippen molar-refractivity contribution in [2.45, 2.75) is 39.7 Å². The number of aryl methyl sites for hydroxylation is 1. The molecule has 2 aromatic heterocycles. The van der Waals surface area contributed by atoms with Gasteiger partial charge in [0.05, 0.1) is 6.04 Å². The second-order valence-corrected chi connectivity index (χ2v) is 6.84. The van der Waals surface area contributed by atoms with Crippen LogP contribution in [0.1, 0.15) is 48.4 Å². The van der Waals surface area contributed by atoms with Crippen molar-refractivity contribution in [2.24, 2.45) is 0 Å². The molecule has 0 bridgehead atoms. The minimum atomic E-state index is 0.139. The highest BCUT2D eigenvalue weighted by Crippen LogP contribution is 2.24. The summed E-state index contributed by atoms with van der Waals surface area (Å²) in [5.41, 5.74) is 0. The standard InChI is InChI=1S/C13H17BrN4S/c1-7(2)12-17-10(14)5-11(18-12)16-9(4)13-15-6-8(3)19-13/h5-7,9H,1-4H3,(H,16,17,18). The van der Waals surface area contributed by atoms with E-state index in [0.717, 1.165) is 21.3 Å². The van der Waals surface area contributed by atoms with Crippen LogP contribution in [0.3, 0.4) is 0 Å².